The average Bonchev–Trinajstić information content (AvgIpc) is 2.94. The van der Waals surface area contributed by atoms with Gasteiger partial charge in [0.2, 0.25) is 0 Å². The molecule has 184 valence electrons. The first-order valence-electron chi connectivity index (χ1n) is 12.5. The lowest BCUT2D eigenvalue weighted by Gasteiger charge is -2.52. The van der Waals surface area contributed by atoms with Gasteiger partial charge in [0.05, 0.1) is 5.92 Å². The Kier molecular flexibility index (Phi) is 5.65. The second kappa shape index (κ2) is 9.02. The van der Waals surface area contributed by atoms with Crippen molar-refractivity contribution in [2.24, 2.45) is 5.92 Å². The molecule has 0 saturated heterocycles. The molecule has 4 aromatic rings. The molecule has 3 aliphatic carbocycles. The average molecular weight is 491 g/mol. The molecule has 0 aromatic heterocycles. The molecule has 37 heavy (non-hydrogen) atoms. The van der Waals surface area contributed by atoms with Crippen LogP contribution in [0.1, 0.15) is 41.5 Å². The third-order valence-electron chi connectivity index (χ3n) is 7.52. The van der Waals surface area contributed by atoms with E-state index in [4.69, 9.17) is 14.2 Å². The molecule has 0 heterocycles. The van der Waals surface area contributed by atoms with Crippen LogP contribution in [0.25, 0.3) is 10.8 Å². The van der Waals surface area contributed by atoms with Crippen LogP contribution < -0.4 is 9.47 Å². The second-order valence-corrected chi connectivity index (χ2v) is 9.34. The minimum Gasteiger partial charge on any atom is -0.426 e. The quantitative estimate of drug-likeness (QED) is 0.181. The van der Waals surface area contributed by atoms with E-state index in [2.05, 4.69) is 30.8 Å². The summed E-state index contributed by atoms with van der Waals surface area (Å²) < 4.78 is 18.1. The zero-order valence-corrected chi connectivity index (χ0v) is 20.5. The van der Waals surface area contributed by atoms with E-state index in [0.29, 0.717) is 35.3 Å². The Morgan fingerprint density at radius 2 is 1.38 bits per heavy atom. The number of hydrogen-bond acceptors (Lipinski definition) is 5. The van der Waals surface area contributed by atoms with Gasteiger partial charge >= 0.3 is 11.9 Å². The van der Waals surface area contributed by atoms with Crippen molar-refractivity contribution in [3.63, 3.8) is 0 Å². The lowest BCUT2D eigenvalue weighted by Crippen LogP contribution is -2.53. The first-order chi connectivity index (χ1) is 18.1. The molecule has 0 spiro atoms. The van der Waals surface area contributed by atoms with Crippen molar-refractivity contribution >= 4 is 22.7 Å². The number of hydrogen-bond donors (Lipinski definition) is 0. The molecule has 0 amide bonds. The van der Waals surface area contributed by atoms with Crippen molar-refractivity contribution < 1.29 is 23.8 Å². The highest BCUT2D eigenvalue weighted by atomic mass is 16.5. The van der Waals surface area contributed by atoms with Gasteiger partial charge in [-0.15, -0.1) is 0 Å². The normalized spacial score (nSPS) is 21.1. The van der Waals surface area contributed by atoms with Gasteiger partial charge in [-0.3, -0.25) is 4.79 Å². The van der Waals surface area contributed by atoms with E-state index in [9.17, 15) is 9.59 Å². The molecule has 5 nitrogen and oxygen atoms in total. The van der Waals surface area contributed by atoms with Gasteiger partial charge in [-0.05, 0) is 47.7 Å². The van der Waals surface area contributed by atoms with E-state index in [1.54, 1.807) is 12.1 Å². The molecular weight excluding hydrogens is 464 g/mol. The highest BCUT2D eigenvalue weighted by molar-refractivity contribution is 5.97. The number of esters is 2. The summed E-state index contributed by atoms with van der Waals surface area (Å²) in [4.78, 5) is 25.8. The minimum absolute atomic E-state index is 0.0877. The van der Waals surface area contributed by atoms with Crippen molar-refractivity contribution in [3.05, 3.63) is 120 Å². The fourth-order valence-electron chi connectivity index (χ4n) is 6.12. The molecule has 4 aromatic carbocycles. The third-order valence-corrected chi connectivity index (χ3v) is 7.52. The number of carbonyl (C=O) groups is 2. The van der Waals surface area contributed by atoms with Gasteiger partial charge in [-0.1, -0.05) is 79.4 Å². The lowest BCUT2D eigenvalue weighted by molar-refractivity contribution is -0.155. The van der Waals surface area contributed by atoms with Gasteiger partial charge in [0, 0.05) is 29.4 Å². The maximum atomic E-state index is 14.0. The van der Waals surface area contributed by atoms with Crippen molar-refractivity contribution in [2.75, 3.05) is 6.61 Å². The highest BCUT2D eigenvalue weighted by Gasteiger charge is 2.58. The predicted molar refractivity (Wildman–Crippen MR) is 141 cm³/mol. The van der Waals surface area contributed by atoms with Gasteiger partial charge in [0.15, 0.2) is 0 Å². The predicted octanol–water partition coefficient (Wildman–Crippen LogP) is 6.28. The Labute approximate surface area is 215 Å². The van der Waals surface area contributed by atoms with Crippen LogP contribution in [0, 0.1) is 5.92 Å². The Morgan fingerprint density at radius 1 is 0.838 bits per heavy atom. The summed E-state index contributed by atoms with van der Waals surface area (Å²) in [5.74, 6) is -0.545. The van der Waals surface area contributed by atoms with E-state index < -0.39 is 17.5 Å². The molecule has 5 heteroatoms. The Morgan fingerprint density at radius 3 is 1.95 bits per heavy atom. The maximum absolute atomic E-state index is 14.0. The smallest absolute Gasteiger partial charge is 0.335 e. The van der Waals surface area contributed by atoms with E-state index in [0.717, 1.165) is 17.2 Å². The zero-order chi connectivity index (χ0) is 25.6. The molecule has 1 atom stereocenters. The standard InChI is InChI=1S/C32H26O5/c1-3-30(33)36-28-17-18-29(23-14-6-5-13-22(23)28)37-31(34)27-19-24-20-11-7-9-15-25(20)32(27,35-4-2)26-16-10-8-12-21(24)26/h3,5-18,24,27H,1,4,19H2,2H3. The third kappa shape index (κ3) is 3.50. The highest BCUT2D eigenvalue weighted by Crippen LogP contribution is 2.59. The van der Waals surface area contributed by atoms with Gasteiger partial charge in [0.25, 0.3) is 0 Å². The molecule has 1 unspecified atom stereocenters. The molecule has 3 aliphatic rings. The van der Waals surface area contributed by atoms with Crippen molar-refractivity contribution in [3.8, 4) is 11.5 Å². The largest absolute Gasteiger partial charge is 0.426 e. The van der Waals surface area contributed by atoms with Crippen LogP contribution in [0.2, 0.25) is 0 Å². The first-order valence-corrected chi connectivity index (χ1v) is 12.5. The maximum Gasteiger partial charge on any atom is 0.335 e. The monoisotopic (exact) mass is 490 g/mol. The Hall–Kier alpha value is -4.22. The van der Waals surface area contributed by atoms with Gasteiger partial charge < -0.3 is 14.2 Å². The van der Waals surface area contributed by atoms with Gasteiger partial charge in [-0.2, -0.15) is 0 Å². The molecule has 7 rings (SSSR count). The molecular formula is C32H26O5. The van der Waals surface area contributed by atoms with Crippen LogP contribution >= 0.6 is 0 Å². The van der Waals surface area contributed by atoms with E-state index in [1.807, 2.05) is 55.5 Å². The van der Waals surface area contributed by atoms with Gasteiger partial charge in [0.1, 0.15) is 17.1 Å². The molecule has 0 fully saturated rings. The Bertz CT molecular complexity index is 1500. The van der Waals surface area contributed by atoms with Gasteiger partial charge in [-0.25, -0.2) is 4.79 Å². The number of carbonyl (C=O) groups excluding carboxylic acids is 2. The minimum atomic E-state index is -0.928. The fourth-order valence-corrected chi connectivity index (χ4v) is 6.12. The van der Waals surface area contributed by atoms with E-state index in [1.165, 1.54) is 11.1 Å². The summed E-state index contributed by atoms with van der Waals surface area (Å²) in [6, 6.07) is 27.2. The number of rotatable bonds is 6. The summed E-state index contributed by atoms with van der Waals surface area (Å²) in [5, 5.41) is 1.35. The van der Waals surface area contributed by atoms with Crippen LogP contribution in [-0.4, -0.2) is 18.5 Å². The summed E-state index contributed by atoms with van der Waals surface area (Å²) in [7, 11) is 0. The van der Waals surface area contributed by atoms with Crippen LogP contribution in [-0.2, 0) is 19.9 Å². The lowest BCUT2D eigenvalue weighted by atomic mass is 9.56. The van der Waals surface area contributed by atoms with Crippen molar-refractivity contribution in [2.45, 2.75) is 24.9 Å². The molecule has 0 radical (unpaired) electrons. The molecule has 2 bridgehead atoms. The van der Waals surface area contributed by atoms with Crippen molar-refractivity contribution in [1.29, 1.82) is 0 Å². The Balaban J connectivity index is 1.43. The van der Waals surface area contributed by atoms with Crippen LogP contribution in [0.15, 0.2) is 97.6 Å². The van der Waals surface area contributed by atoms with Crippen LogP contribution in [0.5, 0.6) is 11.5 Å². The van der Waals surface area contributed by atoms with Crippen molar-refractivity contribution in [1.82, 2.24) is 0 Å². The molecule has 0 saturated carbocycles. The number of fused-ring (bicyclic) bond motifs is 2. The SMILES string of the molecule is C=CC(=O)Oc1ccc(OC(=O)C2CC3c4ccccc4C2(OCC)c2ccccc23)c2ccccc12. The van der Waals surface area contributed by atoms with Crippen LogP contribution in [0.4, 0.5) is 0 Å². The van der Waals surface area contributed by atoms with E-state index in [-0.39, 0.29) is 11.9 Å². The fraction of sp³-hybridized carbons (Fsp3) is 0.188. The summed E-state index contributed by atoms with van der Waals surface area (Å²) in [5.41, 5.74) is 3.55. The number of benzene rings is 4. The number of ether oxygens (including phenoxy) is 3. The second-order valence-electron chi connectivity index (χ2n) is 9.34. The summed E-state index contributed by atoms with van der Waals surface area (Å²) >= 11 is 0. The molecule has 0 N–H and O–H groups in total. The molecule has 0 aliphatic heterocycles. The zero-order valence-electron chi connectivity index (χ0n) is 20.5. The van der Waals surface area contributed by atoms with Crippen LogP contribution in [0.3, 0.4) is 0 Å². The topological polar surface area (TPSA) is 61.8 Å². The summed E-state index contributed by atoms with van der Waals surface area (Å²) in [6.07, 6.45) is 1.71. The van der Waals surface area contributed by atoms with E-state index >= 15 is 0 Å². The summed E-state index contributed by atoms with van der Waals surface area (Å²) in [6.45, 7) is 5.87. The first kappa shape index (κ1) is 23.2.